The maximum absolute atomic E-state index is 6.57. The molecule has 1 aromatic carbocycles. The van der Waals surface area contributed by atoms with E-state index in [2.05, 4.69) is 48.9 Å². The lowest BCUT2D eigenvalue weighted by Gasteiger charge is -2.27. The number of pyridine rings is 1. The van der Waals surface area contributed by atoms with Crippen LogP contribution in [0.2, 0.25) is 0 Å². The zero-order valence-corrected chi connectivity index (χ0v) is 15.9. The third kappa shape index (κ3) is 4.90. The third-order valence-corrected chi connectivity index (χ3v) is 5.54. The van der Waals surface area contributed by atoms with Crippen LogP contribution in [0.15, 0.2) is 36.7 Å². The van der Waals surface area contributed by atoms with Crippen LogP contribution in [0.3, 0.4) is 0 Å². The van der Waals surface area contributed by atoms with Crippen LogP contribution in [0.4, 0.5) is 0 Å². The van der Waals surface area contributed by atoms with Gasteiger partial charge in [-0.15, -0.1) is 0 Å². The van der Waals surface area contributed by atoms with Crippen molar-refractivity contribution in [3.63, 3.8) is 0 Å². The number of hydrogen-bond acceptors (Lipinski definition) is 3. The molecule has 0 radical (unpaired) electrons. The molecule has 3 rings (SSSR count). The molecule has 134 valence electrons. The molecule has 0 fully saturated rings. The first-order valence-electron chi connectivity index (χ1n) is 9.42. The zero-order valence-electron chi connectivity index (χ0n) is 15.9. The topological polar surface area (TPSA) is 42.1 Å². The van der Waals surface area contributed by atoms with Crippen LogP contribution in [0.25, 0.3) is 0 Å². The largest absolute Gasteiger partial charge is 0.325 e. The number of hydrogen-bond donors (Lipinski definition) is 1. The molecule has 2 N–H and O–H groups in total. The fraction of sp³-hybridized carbons (Fsp3) is 0.500. The first-order chi connectivity index (χ1) is 11.9. The van der Waals surface area contributed by atoms with Gasteiger partial charge in [-0.3, -0.25) is 9.88 Å². The smallest absolute Gasteiger partial charge is 0.0299 e. The molecule has 3 nitrogen and oxygen atoms in total. The minimum absolute atomic E-state index is 0.0944. The Kier molecular flexibility index (Phi) is 5.55. The zero-order chi connectivity index (χ0) is 17.9. The van der Waals surface area contributed by atoms with Gasteiger partial charge in [-0.25, -0.2) is 0 Å². The summed E-state index contributed by atoms with van der Waals surface area (Å²) >= 11 is 0. The minimum Gasteiger partial charge on any atom is -0.325 e. The SMILES string of the molecule is Cc1cc2c(cc1C)CN(CCC(C)(N)CCCc1cccnc1)C2. The Bertz CT molecular complexity index is 676. The molecule has 1 aliphatic rings. The van der Waals surface area contributed by atoms with Crippen molar-refractivity contribution in [3.8, 4) is 0 Å². The fourth-order valence-electron chi connectivity index (χ4n) is 3.71. The molecule has 0 saturated heterocycles. The van der Waals surface area contributed by atoms with Gasteiger partial charge in [-0.2, -0.15) is 0 Å². The first kappa shape index (κ1) is 18.1. The van der Waals surface area contributed by atoms with Crippen LogP contribution in [0.1, 0.15) is 54.0 Å². The maximum atomic E-state index is 6.57. The first-order valence-corrected chi connectivity index (χ1v) is 9.42. The lowest BCUT2D eigenvalue weighted by atomic mass is 9.91. The Labute approximate surface area is 152 Å². The van der Waals surface area contributed by atoms with Gasteiger partial charge in [-0.1, -0.05) is 18.2 Å². The van der Waals surface area contributed by atoms with E-state index in [-0.39, 0.29) is 5.54 Å². The Hall–Kier alpha value is -1.71. The molecule has 0 spiro atoms. The van der Waals surface area contributed by atoms with Gasteiger partial charge in [0.25, 0.3) is 0 Å². The number of nitrogens with zero attached hydrogens (tertiary/aromatic N) is 2. The lowest BCUT2D eigenvalue weighted by Crippen LogP contribution is -2.39. The van der Waals surface area contributed by atoms with E-state index in [9.17, 15) is 0 Å². The summed E-state index contributed by atoms with van der Waals surface area (Å²) in [6.07, 6.45) is 8.07. The second-order valence-corrected chi connectivity index (χ2v) is 8.03. The summed E-state index contributed by atoms with van der Waals surface area (Å²) in [7, 11) is 0. The van der Waals surface area contributed by atoms with Gasteiger partial charge in [0.05, 0.1) is 0 Å². The quantitative estimate of drug-likeness (QED) is 0.825. The number of rotatable bonds is 7. The molecule has 0 amide bonds. The van der Waals surface area contributed by atoms with E-state index < -0.39 is 0 Å². The van der Waals surface area contributed by atoms with Crippen molar-refractivity contribution < 1.29 is 0 Å². The lowest BCUT2D eigenvalue weighted by molar-refractivity contribution is 0.242. The highest BCUT2D eigenvalue weighted by Gasteiger charge is 2.23. The van der Waals surface area contributed by atoms with Crippen LogP contribution in [0.5, 0.6) is 0 Å². The van der Waals surface area contributed by atoms with Gasteiger partial charge in [0, 0.05) is 37.6 Å². The fourth-order valence-corrected chi connectivity index (χ4v) is 3.71. The van der Waals surface area contributed by atoms with Crippen molar-refractivity contribution in [1.29, 1.82) is 0 Å². The van der Waals surface area contributed by atoms with Crippen molar-refractivity contribution in [3.05, 3.63) is 64.5 Å². The van der Waals surface area contributed by atoms with Gasteiger partial charge in [0.2, 0.25) is 0 Å². The summed E-state index contributed by atoms with van der Waals surface area (Å²) in [6, 6.07) is 8.87. The van der Waals surface area contributed by atoms with E-state index in [1.807, 2.05) is 18.5 Å². The van der Waals surface area contributed by atoms with Gasteiger partial charge < -0.3 is 5.73 Å². The average Bonchev–Trinajstić information content (AvgIpc) is 2.96. The highest BCUT2D eigenvalue weighted by molar-refractivity contribution is 5.39. The van der Waals surface area contributed by atoms with E-state index in [0.717, 1.165) is 45.3 Å². The summed E-state index contributed by atoms with van der Waals surface area (Å²) in [6.45, 7) is 9.83. The Balaban J connectivity index is 1.45. The number of aryl methyl sites for hydroxylation is 3. The molecule has 0 aliphatic carbocycles. The van der Waals surface area contributed by atoms with Crippen molar-refractivity contribution in [2.45, 2.75) is 65.1 Å². The van der Waals surface area contributed by atoms with Crippen molar-refractivity contribution >= 4 is 0 Å². The average molecular weight is 338 g/mol. The minimum atomic E-state index is -0.0944. The molecule has 1 unspecified atom stereocenters. The van der Waals surface area contributed by atoms with E-state index in [0.29, 0.717) is 0 Å². The highest BCUT2D eigenvalue weighted by atomic mass is 15.1. The van der Waals surface area contributed by atoms with E-state index in [1.165, 1.54) is 27.8 Å². The van der Waals surface area contributed by atoms with Crippen molar-refractivity contribution in [2.75, 3.05) is 6.54 Å². The highest BCUT2D eigenvalue weighted by Crippen LogP contribution is 2.27. The summed E-state index contributed by atoms with van der Waals surface area (Å²) in [5, 5.41) is 0. The van der Waals surface area contributed by atoms with Gasteiger partial charge in [0.15, 0.2) is 0 Å². The van der Waals surface area contributed by atoms with Gasteiger partial charge >= 0.3 is 0 Å². The van der Waals surface area contributed by atoms with Crippen LogP contribution in [-0.2, 0) is 19.5 Å². The monoisotopic (exact) mass is 337 g/mol. The van der Waals surface area contributed by atoms with Crippen LogP contribution < -0.4 is 5.73 Å². The molecular formula is C22H31N3. The molecule has 1 aromatic heterocycles. The predicted octanol–water partition coefficient (Wildman–Crippen LogP) is 4.14. The molecule has 2 heterocycles. The maximum Gasteiger partial charge on any atom is 0.0299 e. The molecule has 1 aliphatic heterocycles. The summed E-state index contributed by atoms with van der Waals surface area (Å²) in [5.41, 5.74) is 13.6. The van der Waals surface area contributed by atoms with Crippen molar-refractivity contribution in [2.24, 2.45) is 5.73 Å². The second kappa shape index (κ2) is 7.67. The number of benzene rings is 1. The van der Waals surface area contributed by atoms with Gasteiger partial charge in [-0.05, 0) is 80.3 Å². The van der Waals surface area contributed by atoms with Crippen molar-refractivity contribution in [1.82, 2.24) is 9.88 Å². The molecular weight excluding hydrogens is 306 g/mol. The number of aromatic nitrogens is 1. The van der Waals surface area contributed by atoms with Gasteiger partial charge in [0.1, 0.15) is 0 Å². The third-order valence-electron chi connectivity index (χ3n) is 5.54. The van der Waals surface area contributed by atoms with Crippen LogP contribution in [0, 0.1) is 13.8 Å². The standard InChI is InChI=1S/C22H31N3/c1-17-12-20-15-25(16-21(20)13-18(17)2)11-9-22(3,23)8-4-6-19-7-5-10-24-14-19/h5,7,10,12-14H,4,6,8-9,11,15-16,23H2,1-3H3. The molecule has 25 heavy (non-hydrogen) atoms. The molecule has 0 bridgehead atoms. The molecule has 0 saturated carbocycles. The number of fused-ring (bicyclic) bond motifs is 1. The van der Waals surface area contributed by atoms with E-state index >= 15 is 0 Å². The normalized spacial score (nSPS) is 16.6. The van der Waals surface area contributed by atoms with E-state index in [4.69, 9.17) is 5.73 Å². The molecule has 3 heteroatoms. The number of nitrogens with two attached hydrogens (primary N) is 1. The molecule has 2 aromatic rings. The summed E-state index contributed by atoms with van der Waals surface area (Å²) in [5.74, 6) is 0. The predicted molar refractivity (Wildman–Crippen MR) is 104 cm³/mol. The second-order valence-electron chi connectivity index (χ2n) is 8.03. The van der Waals surface area contributed by atoms with Crippen LogP contribution >= 0.6 is 0 Å². The summed E-state index contributed by atoms with van der Waals surface area (Å²) in [4.78, 5) is 6.72. The van der Waals surface area contributed by atoms with E-state index in [1.54, 1.807) is 0 Å². The Morgan fingerprint density at radius 2 is 1.80 bits per heavy atom. The summed E-state index contributed by atoms with van der Waals surface area (Å²) < 4.78 is 0. The Morgan fingerprint density at radius 1 is 1.12 bits per heavy atom. The van der Waals surface area contributed by atoms with Crippen LogP contribution in [-0.4, -0.2) is 22.0 Å². The Morgan fingerprint density at radius 3 is 2.40 bits per heavy atom. The molecule has 1 atom stereocenters.